The van der Waals surface area contributed by atoms with Gasteiger partial charge >= 0.3 is 0 Å². The Kier molecular flexibility index (Phi) is 2.28. The average Bonchev–Trinajstić information content (AvgIpc) is 2.68. The summed E-state index contributed by atoms with van der Waals surface area (Å²) >= 11 is 1.34. The van der Waals surface area contributed by atoms with E-state index in [4.69, 9.17) is 0 Å². The third kappa shape index (κ3) is 1.75. The Morgan fingerprint density at radius 1 is 1.24 bits per heavy atom. The van der Waals surface area contributed by atoms with Crippen LogP contribution in [0, 0.1) is 0 Å². The average molecular weight is 243 g/mol. The summed E-state index contributed by atoms with van der Waals surface area (Å²) in [5.41, 5.74) is -0.397. The zero-order chi connectivity index (χ0) is 11.9. The molecule has 1 aromatic carbocycles. The number of carbonyl (C=O) groups excluding carboxylic acids is 1. The molecule has 0 spiro atoms. The van der Waals surface area contributed by atoms with Crippen molar-refractivity contribution in [2.45, 2.75) is 5.72 Å². The van der Waals surface area contributed by atoms with E-state index in [0.29, 0.717) is 4.91 Å². The van der Waals surface area contributed by atoms with Crippen LogP contribution in [0.2, 0.25) is 0 Å². The van der Waals surface area contributed by atoms with Gasteiger partial charge in [0.05, 0.1) is 4.91 Å². The van der Waals surface area contributed by atoms with Crippen LogP contribution in [-0.2, 0) is 4.79 Å². The van der Waals surface area contributed by atoms with E-state index in [9.17, 15) is 9.90 Å². The molecule has 3 rings (SSSR count). The second kappa shape index (κ2) is 3.68. The fourth-order valence-electron chi connectivity index (χ4n) is 1.75. The second-order valence-corrected chi connectivity index (χ2v) is 4.89. The van der Waals surface area contributed by atoms with Crippen LogP contribution in [0.5, 0.6) is 0 Å². The van der Waals surface area contributed by atoms with Crippen molar-refractivity contribution in [3.05, 3.63) is 59.0 Å². The van der Waals surface area contributed by atoms with Crippen LogP contribution >= 0.6 is 11.8 Å². The summed E-state index contributed by atoms with van der Waals surface area (Å²) in [6, 6.07) is 9.62. The lowest BCUT2D eigenvalue weighted by molar-refractivity contribution is -0.110. The van der Waals surface area contributed by atoms with Crippen LogP contribution in [0.1, 0.15) is 5.56 Å². The number of allylic oxidation sites excluding steroid dienone is 2. The third-order valence-corrected chi connectivity index (χ3v) is 3.77. The van der Waals surface area contributed by atoms with Crippen LogP contribution in [0.4, 0.5) is 0 Å². The molecule has 1 atom stereocenters. The largest absolute Gasteiger partial charge is 0.362 e. The molecule has 0 saturated heterocycles. The Labute approximate surface area is 103 Å². The van der Waals surface area contributed by atoms with Crippen LogP contribution < -0.4 is 0 Å². The molecule has 1 aromatic rings. The molecule has 84 valence electrons. The first-order valence-electron chi connectivity index (χ1n) is 5.18. The van der Waals surface area contributed by atoms with Gasteiger partial charge in [-0.15, -0.1) is 0 Å². The summed E-state index contributed by atoms with van der Waals surface area (Å²) in [6.45, 7) is 0. The molecule has 0 radical (unpaired) electrons. The maximum atomic E-state index is 11.3. The highest BCUT2D eigenvalue weighted by Gasteiger charge is 2.38. The number of ketones is 1. The summed E-state index contributed by atoms with van der Waals surface area (Å²) in [6.07, 6.45) is 4.22. The number of thioether (sulfide) groups is 1. The van der Waals surface area contributed by atoms with Gasteiger partial charge in [-0.25, -0.2) is 4.99 Å². The molecule has 1 unspecified atom stereocenters. The van der Waals surface area contributed by atoms with Crippen molar-refractivity contribution in [3.8, 4) is 0 Å². The first-order valence-corrected chi connectivity index (χ1v) is 6.00. The molecule has 1 aliphatic carbocycles. The van der Waals surface area contributed by atoms with Gasteiger partial charge in [0, 0.05) is 11.6 Å². The summed E-state index contributed by atoms with van der Waals surface area (Å²) in [5.74, 6) is -0.110. The maximum absolute atomic E-state index is 11.3. The van der Waals surface area contributed by atoms with E-state index in [1.807, 2.05) is 30.3 Å². The van der Waals surface area contributed by atoms with E-state index in [-0.39, 0.29) is 5.78 Å². The molecule has 0 bridgehead atoms. The SMILES string of the molecule is O=C1C=CC2(O)N=C(c3ccccc3)SC2=C1. The molecule has 17 heavy (non-hydrogen) atoms. The van der Waals surface area contributed by atoms with Gasteiger partial charge in [0.25, 0.3) is 0 Å². The summed E-state index contributed by atoms with van der Waals surface area (Å²) < 4.78 is 0. The molecule has 4 heteroatoms. The van der Waals surface area contributed by atoms with E-state index < -0.39 is 5.72 Å². The normalized spacial score (nSPS) is 26.5. The molecule has 1 N–H and O–H groups in total. The minimum Gasteiger partial charge on any atom is -0.362 e. The van der Waals surface area contributed by atoms with Crippen LogP contribution in [0.15, 0.2) is 58.5 Å². The van der Waals surface area contributed by atoms with Crippen LogP contribution in [0.3, 0.4) is 0 Å². The van der Waals surface area contributed by atoms with Gasteiger partial charge in [-0.1, -0.05) is 42.1 Å². The molecular formula is C13H9NO2S. The van der Waals surface area contributed by atoms with Crippen molar-refractivity contribution >= 4 is 22.6 Å². The fourth-order valence-corrected chi connectivity index (χ4v) is 2.83. The number of fused-ring (bicyclic) bond motifs is 1. The van der Waals surface area contributed by atoms with Crippen molar-refractivity contribution < 1.29 is 9.90 Å². The van der Waals surface area contributed by atoms with E-state index in [1.54, 1.807) is 0 Å². The second-order valence-electron chi connectivity index (χ2n) is 3.86. The number of nitrogens with zero attached hydrogens (tertiary/aromatic N) is 1. The first-order chi connectivity index (χ1) is 8.17. The minimum atomic E-state index is -1.34. The highest BCUT2D eigenvalue weighted by atomic mass is 32.2. The lowest BCUT2D eigenvalue weighted by Crippen LogP contribution is -2.24. The highest BCUT2D eigenvalue weighted by molar-refractivity contribution is 8.18. The van der Waals surface area contributed by atoms with E-state index in [1.165, 1.54) is 30.0 Å². The lowest BCUT2D eigenvalue weighted by atomic mass is 10.1. The Hall–Kier alpha value is -1.65. The molecule has 0 amide bonds. The van der Waals surface area contributed by atoms with Crippen LogP contribution in [0.25, 0.3) is 0 Å². The van der Waals surface area contributed by atoms with E-state index in [0.717, 1.165) is 10.6 Å². The van der Waals surface area contributed by atoms with Crippen molar-refractivity contribution in [3.63, 3.8) is 0 Å². The van der Waals surface area contributed by atoms with Gasteiger partial charge in [0.15, 0.2) is 5.78 Å². The predicted molar refractivity (Wildman–Crippen MR) is 67.7 cm³/mol. The number of aliphatic hydroxyl groups is 1. The molecule has 0 saturated carbocycles. The smallest absolute Gasteiger partial charge is 0.210 e. The monoisotopic (exact) mass is 243 g/mol. The third-order valence-electron chi connectivity index (χ3n) is 2.62. The van der Waals surface area contributed by atoms with Crippen molar-refractivity contribution in [1.82, 2.24) is 0 Å². The maximum Gasteiger partial charge on any atom is 0.210 e. The lowest BCUT2D eigenvalue weighted by Gasteiger charge is -2.17. The van der Waals surface area contributed by atoms with Crippen LogP contribution in [-0.4, -0.2) is 21.7 Å². The quantitative estimate of drug-likeness (QED) is 0.819. The van der Waals surface area contributed by atoms with E-state index in [2.05, 4.69) is 4.99 Å². The predicted octanol–water partition coefficient (Wildman–Crippen LogP) is 1.89. The zero-order valence-electron chi connectivity index (χ0n) is 8.83. The zero-order valence-corrected chi connectivity index (χ0v) is 9.65. The van der Waals surface area contributed by atoms with Gasteiger partial charge < -0.3 is 5.11 Å². The molecule has 1 aliphatic heterocycles. The van der Waals surface area contributed by atoms with Gasteiger partial charge in [-0.05, 0) is 12.2 Å². The van der Waals surface area contributed by atoms with Gasteiger partial charge in [-0.3, -0.25) is 4.79 Å². The Bertz CT molecular complexity index is 574. The number of hydrogen-bond donors (Lipinski definition) is 1. The Balaban J connectivity index is 2.03. The van der Waals surface area contributed by atoms with Crippen molar-refractivity contribution in [2.75, 3.05) is 0 Å². The van der Waals surface area contributed by atoms with Gasteiger partial charge in [0.2, 0.25) is 5.72 Å². The summed E-state index contributed by atoms with van der Waals surface area (Å²) in [4.78, 5) is 16.1. The number of rotatable bonds is 1. The molecular weight excluding hydrogens is 234 g/mol. The number of benzene rings is 1. The molecule has 0 aromatic heterocycles. The highest BCUT2D eigenvalue weighted by Crippen LogP contribution is 2.42. The van der Waals surface area contributed by atoms with E-state index >= 15 is 0 Å². The fraction of sp³-hybridized carbons (Fsp3) is 0.0769. The molecule has 2 aliphatic rings. The minimum absolute atomic E-state index is 0.110. The first kappa shape index (κ1) is 10.5. The van der Waals surface area contributed by atoms with Gasteiger partial charge in [-0.2, -0.15) is 0 Å². The molecule has 3 nitrogen and oxygen atoms in total. The topological polar surface area (TPSA) is 49.7 Å². The van der Waals surface area contributed by atoms with Crippen molar-refractivity contribution in [2.24, 2.45) is 4.99 Å². The standard InChI is InChI=1S/C13H9NO2S/c15-10-6-7-13(16)11(8-10)17-12(14-13)9-4-2-1-3-5-9/h1-8,16H. The number of carbonyl (C=O) groups is 1. The Morgan fingerprint density at radius 3 is 2.76 bits per heavy atom. The van der Waals surface area contributed by atoms with Gasteiger partial charge in [0.1, 0.15) is 5.04 Å². The Morgan fingerprint density at radius 2 is 2.00 bits per heavy atom. The molecule has 0 fully saturated rings. The summed E-state index contributed by atoms with van der Waals surface area (Å²) in [5, 5.41) is 11.0. The number of hydrogen-bond acceptors (Lipinski definition) is 4. The summed E-state index contributed by atoms with van der Waals surface area (Å²) in [7, 11) is 0. The molecule has 1 heterocycles. The number of aliphatic imine (C=N–C) groups is 1. The van der Waals surface area contributed by atoms with Crippen molar-refractivity contribution in [1.29, 1.82) is 0 Å².